The zero-order valence-corrected chi connectivity index (χ0v) is 19.5. The SMILES string of the molecule is C=C(CC)N1[C@H](c2ccc(NC3CN(CCC#N)C3)cn2)c2[nH]c3ccccc3c2C[C@H]1C. The van der Waals surface area contributed by atoms with E-state index in [-0.39, 0.29) is 6.04 Å². The van der Waals surface area contributed by atoms with Crippen LogP contribution >= 0.6 is 0 Å². The number of hydrogen-bond donors (Lipinski definition) is 2. The molecule has 1 aromatic carbocycles. The standard InChI is InChI=1S/C27H32N6/c1-4-18(2)33-19(3)14-23-22-8-5-6-9-24(22)31-26(23)27(33)25-11-10-20(15-29-25)30-21-16-32(17-21)13-7-12-28/h5-6,8-11,15,19,21,27,30-31H,2,4,7,13-14,16-17H2,1,3H3/t19-,27-/m1/s1. The number of hydrogen-bond acceptors (Lipinski definition) is 5. The van der Waals surface area contributed by atoms with Crippen molar-refractivity contribution in [3.05, 3.63) is 71.8 Å². The maximum atomic E-state index is 8.75. The van der Waals surface area contributed by atoms with Gasteiger partial charge < -0.3 is 15.2 Å². The van der Waals surface area contributed by atoms with Crippen molar-refractivity contribution in [1.82, 2.24) is 19.8 Å². The minimum Gasteiger partial charge on any atom is -0.378 e. The normalized spacial score (nSPS) is 20.8. The van der Waals surface area contributed by atoms with E-state index in [1.54, 1.807) is 0 Å². The maximum absolute atomic E-state index is 8.75. The number of anilines is 1. The van der Waals surface area contributed by atoms with Crippen molar-refractivity contribution in [1.29, 1.82) is 5.26 Å². The molecule has 0 radical (unpaired) electrons. The molecule has 4 heterocycles. The van der Waals surface area contributed by atoms with E-state index in [1.165, 1.54) is 22.2 Å². The second-order valence-electron chi connectivity index (χ2n) is 9.33. The van der Waals surface area contributed by atoms with Crippen molar-refractivity contribution >= 4 is 16.6 Å². The van der Waals surface area contributed by atoms with Gasteiger partial charge in [-0.15, -0.1) is 0 Å². The van der Waals surface area contributed by atoms with Gasteiger partial charge in [-0.05, 0) is 43.5 Å². The first-order valence-corrected chi connectivity index (χ1v) is 12.0. The maximum Gasteiger partial charge on any atom is 0.112 e. The summed E-state index contributed by atoms with van der Waals surface area (Å²) in [5, 5.41) is 13.6. The Morgan fingerprint density at radius 2 is 2.09 bits per heavy atom. The van der Waals surface area contributed by atoms with Gasteiger partial charge in [0.2, 0.25) is 0 Å². The molecule has 33 heavy (non-hydrogen) atoms. The first-order valence-electron chi connectivity index (χ1n) is 12.0. The van der Waals surface area contributed by atoms with Crippen LogP contribution in [0.25, 0.3) is 10.9 Å². The number of para-hydroxylation sites is 1. The van der Waals surface area contributed by atoms with Crippen molar-refractivity contribution in [2.24, 2.45) is 0 Å². The highest BCUT2D eigenvalue weighted by atomic mass is 15.2. The lowest BCUT2D eigenvalue weighted by atomic mass is 9.89. The Kier molecular flexibility index (Phi) is 5.82. The van der Waals surface area contributed by atoms with Crippen LogP contribution in [0.3, 0.4) is 0 Å². The smallest absolute Gasteiger partial charge is 0.112 e. The minimum absolute atomic E-state index is 0.0304. The number of likely N-dealkylation sites (tertiary alicyclic amines) is 1. The number of rotatable bonds is 7. The predicted octanol–water partition coefficient (Wildman–Crippen LogP) is 4.83. The molecule has 2 aliphatic rings. The average molecular weight is 441 g/mol. The molecule has 0 spiro atoms. The topological polar surface area (TPSA) is 71.0 Å². The molecule has 0 aliphatic carbocycles. The summed E-state index contributed by atoms with van der Waals surface area (Å²) in [6.45, 7) is 11.7. The lowest BCUT2D eigenvalue weighted by Crippen LogP contribution is -2.54. The van der Waals surface area contributed by atoms with Crippen LogP contribution in [-0.4, -0.2) is 51.5 Å². The van der Waals surface area contributed by atoms with Gasteiger partial charge in [0.25, 0.3) is 0 Å². The largest absolute Gasteiger partial charge is 0.378 e. The minimum atomic E-state index is 0.0304. The molecule has 3 aromatic rings. The van der Waals surface area contributed by atoms with Crippen LogP contribution in [-0.2, 0) is 6.42 Å². The second-order valence-corrected chi connectivity index (χ2v) is 9.33. The van der Waals surface area contributed by atoms with Gasteiger partial charge in [-0.25, -0.2) is 0 Å². The first kappa shape index (κ1) is 21.5. The van der Waals surface area contributed by atoms with Crippen LogP contribution in [0.4, 0.5) is 5.69 Å². The van der Waals surface area contributed by atoms with Gasteiger partial charge in [-0.3, -0.25) is 9.88 Å². The number of H-pyrrole nitrogens is 1. The van der Waals surface area contributed by atoms with Gasteiger partial charge >= 0.3 is 0 Å². The number of fused-ring (bicyclic) bond motifs is 3. The number of benzene rings is 1. The number of pyridine rings is 1. The summed E-state index contributed by atoms with van der Waals surface area (Å²) in [7, 11) is 0. The lowest BCUT2D eigenvalue weighted by molar-refractivity contribution is 0.166. The van der Waals surface area contributed by atoms with Crippen molar-refractivity contribution < 1.29 is 0 Å². The summed E-state index contributed by atoms with van der Waals surface area (Å²) in [5.41, 5.74) is 7.06. The highest BCUT2D eigenvalue weighted by molar-refractivity contribution is 5.85. The second kappa shape index (κ2) is 8.92. The third-order valence-electron chi connectivity index (χ3n) is 7.08. The molecule has 0 bridgehead atoms. The summed E-state index contributed by atoms with van der Waals surface area (Å²) in [6.07, 6.45) is 4.47. The molecular weight excluding hydrogens is 408 g/mol. The third-order valence-corrected chi connectivity index (χ3v) is 7.08. The number of allylic oxidation sites excluding steroid dienone is 1. The van der Waals surface area contributed by atoms with Crippen molar-refractivity contribution in [3.8, 4) is 6.07 Å². The fourth-order valence-electron chi connectivity index (χ4n) is 5.37. The lowest BCUT2D eigenvalue weighted by Gasteiger charge is -2.43. The molecule has 2 atom stereocenters. The molecule has 170 valence electrons. The number of aromatic amines is 1. The molecule has 0 unspecified atom stereocenters. The molecule has 2 aliphatic heterocycles. The Labute approximate surface area is 195 Å². The summed E-state index contributed by atoms with van der Waals surface area (Å²) in [5.74, 6) is 0. The van der Waals surface area contributed by atoms with Crippen molar-refractivity contribution in [2.75, 3.05) is 25.0 Å². The van der Waals surface area contributed by atoms with Gasteiger partial charge in [-0.1, -0.05) is 31.7 Å². The molecule has 1 saturated heterocycles. The summed E-state index contributed by atoms with van der Waals surface area (Å²) < 4.78 is 0. The first-order chi connectivity index (χ1) is 16.1. The van der Waals surface area contributed by atoms with Gasteiger partial charge in [0.05, 0.1) is 29.7 Å². The van der Waals surface area contributed by atoms with Gasteiger partial charge in [-0.2, -0.15) is 5.26 Å². The van der Waals surface area contributed by atoms with E-state index in [9.17, 15) is 0 Å². The molecule has 0 saturated carbocycles. The summed E-state index contributed by atoms with van der Waals surface area (Å²) >= 11 is 0. The van der Waals surface area contributed by atoms with E-state index in [2.05, 4.69) is 83.0 Å². The van der Waals surface area contributed by atoms with Gasteiger partial charge in [0, 0.05) is 54.4 Å². The zero-order chi connectivity index (χ0) is 22.9. The number of nitriles is 1. The van der Waals surface area contributed by atoms with Crippen LogP contribution in [0.2, 0.25) is 0 Å². The zero-order valence-electron chi connectivity index (χ0n) is 19.5. The molecule has 6 nitrogen and oxygen atoms in total. The van der Waals surface area contributed by atoms with Gasteiger partial charge in [0.1, 0.15) is 6.04 Å². The fraction of sp³-hybridized carbons (Fsp3) is 0.407. The average Bonchev–Trinajstić information content (AvgIpc) is 3.17. The van der Waals surface area contributed by atoms with E-state index >= 15 is 0 Å². The van der Waals surface area contributed by atoms with Crippen LogP contribution < -0.4 is 5.32 Å². The molecule has 5 rings (SSSR count). The molecular formula is C27H32N6. The summed E-state index contributed by atoms with van der Waals surface area (Å²) in [4.78, 5) is 13.4. The molecule has 0 amide bonds. The van der Waals surface area contributed by atoms with Crippen molar-refractivity contribution in [3.63, 3.8) is 0 Å². The van der Waals surface area contributed by atoms with E-state index in [4.69, 9.17) is 10.2 Å². The summed E-state index contributed by atoms with van der Waals surface area (Å²) in [6, 6.07) is 15.9. The highest BCUT2D eigenvalue weighted by Crippen LogP contribution is 2.42. The van der Waals surface area contributed by atoms with E-state index in [0.29, 0.717) is 18.5 Å². The quantitative estimate of drug-likeness (QED) is 0.550. The third kappa shape index (κ3) is 3.98. The Balaban J connectivity index is 1.41. The number of nitrogens with one attached hydrogen (secondary N) is 2. The van der Waals surface area contributed by atoms with Crippen LogP contribution in [0.5, 0.6) is 0 Å². The van der Waals surface area contributed by atoms with E-state index in [1.807, 2.05) is 6.20 Å². The van der Waals surface area contributed by atoms with Crippen LogP contribution in [0.1, 0.15) is 49.7 Å². The Bertz CT molecular complexity index is 1180. The van der Waals surface area contributed by atoms with Crippen molar-refractivity contribution in [2.45, 2.75) is 51.2 Å². The predicted molar refractivity (Wildman–Crippen MR) is 133 cm³/mol. The highest BCUT2D eigenvalue weighted by Gasteiger charge is 2.36. The molecule has 2 N–H and O–H groups in total. The number of nitrogens with zero attached hydrogens (tertiary/aromatic N) is 4. The Morgan fingerprint density at radius 1 is 1.27 bits per heavy atom. The fourth-order valence-corrected chi connectivity index (χ4v) is 5.37. The van der Waals surface area contributed by atoms with E-state index < -0.39 is 0 Å². The molecule has 2 aromatic heterocycles. The molecule has 1 fully saturated rings. The van der Waals surface area contributed by atoms with Gasteiger partial charge in [0.15, 0.2) is 0 Å². The van der Waals surface area contributed by atoms with E-state index in [0.717, 1.165) is 49.6 Å². The van der Waals surface area contributed by atoms with Crippen LogP contribution in [0.15, 0.2) is 54.9 Å². The Hall–Kier alpha value is -3.30. The number of aromatic nitrogens is 2. The Morgan fingerprint density at radius 3 is 2.82 bits per heavy atom. The molecule has 6 heteroatoms. The monoisotopic (exact) mass is 440 g/mol. The van der Waals surface area contributed by atoms with Crippen LogP contribution in [0, 0.1) is 11.3 Å².